The molecule has 2 rings (SSSR count). The number of nitrogens with one attached hydrogen (secondary N) is 1. The van der Waals surface area contributed by atoms with Gasteiger partial charge in [0.25, 0.3) is 5.91 Å². The number of ketones is 1. The van der Waals surface area contributed by atoms with Crippen molar-refractivity contribution >= 4 is 11.7 Å². The molecular formula is C21H25NO4. The summed E-state index contributed by atoms with van der Waals surface area (Å²) in [4.78, 5) is 23.6. The Balaban J connectivity index is 1.85. The normalized spacial score (nSPS) is 11.7. The summed E-state index contributed by atoms with van der Waals surface area (Å²) < 4.78 is 11.0. The van der Waals surface area contributed by atoms with E-state index in [-0.39, 0.29) is 11.7 Å². The first-order valence-corrected chi connectivity index (χ1v) is 8.70. The van der Waals surface area contributed by atoms with Gasteiger partial charge in [-0.15, -0.1) is 0 Å². The van der Waals surface area contributed by atoms with E-state index in [0.29, 0.717) is 31.1 Å². The average molecular weight is 355 g/mol. The summed E-state index contributed by atoms with van der Waals surface area (Å²) in [6, 6.07) is 14.7. The Kier molecular flexibility index (Phi) is 7.36. The highest BCUT2D eigenvalue weighted by atomic mass is 16.5. The molecule has 2 aromatic rings. The third-order valence-electron chi connectivity index (χ3n) is 3.89. The third kappa shape index (κ3) is 6.01. The van der Waals surface area contributed by atoms with E-state index in [4.69, 9.17) is 9.47 Å². The highest BCUT2D eigenvalue weighted by molar-refractivity contribution is 5.94. The van der Waals surface area contributed by atoms with Crippen LogP contribution in [0.15, 0.2) is 48.5 Å². The molecule has 0 aromatic heterocycles. The molecule has 0 aliphatic heterocycles. The summed E-state index contributed by atoms with van der Waals surface area (Å²) in [5, 5.41) is 2.86. The van der Waals surface area contributed by atoms with Gasteiger partial charge in [0.2, 0.25) is 0 Å². The summed E-state index contributed by atoms with van der Waals surface area (Å²) in [6.45, 7) is 6.84. The minimum Gasteiger partial charge on any atom is -0.481 e. The van der Waals surface area contributed by atoms with Crippen molar-refractivity contribution in [2.75, 3.05) is 6.61 Å². The molecule has 0 spiro atoms. The molecule has 0 saturated heterocycles. The number of ether oxygens (including phenoxy) is 2. The first-order chi connectivity index (χ1) is 12.5. The van der Waals surface area contributed by atoms with Gasteiger partial charge in [0.1, 0.15) is 5.75 Å². The Morgan fingerprint density at radius 2 is 1.77 bits per heavy atom. The van der Waals surface area contributed by atoms with E-state index in [2.05, 4.69) is 5.32 Å². The Bertz CT molecular complexity index is 740. The Morgan fingerprint density at radius 3 is 2.42 bits per heavy atom. The number of hydrogen-bond acceptors (Lipinski definition) is 4. The maximum atomic E-state index is 12.2. The quantitative estimate of drug-likeness (QED) is 0.699. The van der Waals surface area contributed by atoms with E-state index in [1.165, 1.54) is 6.92 Å². The zero-order valence-electron chi connectivity index (χ0n) is 15.5. The van der Waals surface area contributed by atoms with Crippen molar-refractivity contribution < 1.29 is 19.1 Å². The topological polar surface area (TPSA) is 64.6 Å². The lowest BCUT2D eigenvalue weighted by atomic mass is 10.1. The van der Waals surface area contributed by atoms with Crippen LogP contribution in [0.1, 0.15) is 42.3 Å². The molecular weight excluding hydrogens is 330 g/mol. The number of carbonyl (C=O) groups is 2. The molecule has 1 atom stereocenters. The van der Waals surface area contributed by atoms with Gasteiger partial charge in [-0.2, -0.15) is 0 Å². The molecule has 0 aliphatic rings. The van der Waals surface area contributed by atoms with E-state index >= 15 is 0 Å². The summed E-state index contributed by atoms with van der Waals surface area (Å²) >= 11 is 0. The predicted molar refractivity (Wildman–Crippen MR) is 100 cm³/mol. The minimum absolute atomic E-state index is 0.0414. The zero-order valence-corrected chi connectivity index (χ0v) is 15.5. The van der Waals surface area contributed by atoms with Gasteiger partial charge in [-0.1, -0.05) is 36.4 Å². The van der Waals surface area contributed by atoms with E-state index < -0.39 is 6.10 Å². The number of benzene rings is 2. The fourth-order valence-corrected chi connectivity index (χ4v) is 2.35. The van der Waals surface area contributed by atoms with Crippen LogP contribution >= 0.6 is 0 Å². The molecule has 1 amide bonds. The van der Waals surface area contributed by atoms with Crippen LogP contribution in [0.25, 0.3) is 0 Å². The molecule has 26 heavy (non-hydrogen) atoms. The third-order valence-corrected chi connectivity index (χ3v) is 3.89. The standard InChI is InChI=1S/C21H25NO4/c1-4-25-14-18-10-8-17(9-11-18)13-22-21(24)16(3)26-20-7-5-6-19(12-20)15(2)23/h5-12,16H,4,13-14H2,1-3H3,(H,22,24). The largest absolute Gasteiger partial charge is 0.481 e. The molecule has 0 fully saturated rings. The fourth-order valence-electron chi connectivity index (χ4n) is 2.35. The first kappa shape index (κ1) is 19.7. The highest BCUT2D eigenvalue weighted by Crippen LogP contribution is 2.15. The number of Topliss-reactive ketones (excluding diaryl/α,β-unsaturated/α-hetero) is 1. The van der Waals surface area contributed by atoms with Gasteiger partial charge in [0.15, 0.2) is 11.9 Å². The lowest BCUT2D eigenvalue weighted by Crippen LogP contribution is -2.35. The zero-order chi connectivity index (χ0) is 18.9. The second-order valence-electron chi connectivity index (χ2n) is 6.02. The van der Waals surface area contributed by atoms with E-state index in [9.17, 15) is 9.59 Å². The van der Waals surface area contributed by atoms with Gasteiger partial charge in [-0.3, -0.25) is 9.59 Å². The number of amides is 1. The smallest absolute Gasteiger partial charge is 0.261 e. The van der Waals surface area contributed by atoms with E-state index in [0.717, 1.165) is 11.1 Å². The Labute approximate surface area is 154 Å². The molecule has 1 unspecified atom stereocenters. The molecule has 0 bridgehead atoms. The van der Waals surface area contributed by atoms with Crippen molar-refractivity contribution in [3.63, 3.8) is 0 Å². The second kappa shape index (κ2) is 9.73. The Morgan fingerprint density at radius 1 is 1.08 bits per heavy atom. The van der Waals surface area contributed by atoms with Crippen LogP contribution in [-0.2, 0) is 22.7 Å². The van der Waals surface area contributed by atoms with Crippen molar-refractivity contribution in [3.05, 3.63) is 65.2 Å². The lowest BCUT2D eigenvalue weighted by Gasteiger charge is -2.15. The van der Waals surface area contributed by atoms with Gasteiger partial charge in [-0.05, 0) is 44.0 Å². The summed E-state index contributed by atoms with van der Waals surface area (Å²) in [7, 11) is 0. The number of carbonyl (C=O) groups excluding carboxylic acids is 2. The molecule has 2 aromatic carbocycles. The van der Waals surface area contributed by atoms with Crippen molar-refractivity contribution in [2.45, 2.75) is 40.0 Å². The highest BCUT2D eigenvalue weighted by Gasteiger charge is 2.14. The van der Waals surface area contributed by atoms with Gasteiger partial charge >= 0.3 is 0 Å². The van der Waals surface area contributed by atoms with Crippen LogP contribution in [0.4, 0.5) is 0 Å². The molecule has 0 heterocycles. The van der Waals surface area contributed by atoms with Crippen molar-refractivity contribution in [1.82, 2.24) is 5.32 Å². The van der Waals surface area contributed by atoms with Crippen LogP contribution in [0, 0.1) is 0 Å². The van der Waals surface area contributed by atoms with Crippen LogP contribution in [0.2, 0.25) is 0 Å². The van der Waals surface area contributed by atoms with Gasteiger partial charge < -0.3 is 14.8 Å². The van der Waals surface area contributed by atoms with Gasteiger partial charge in [0.05, 0.1) is 6.61 Å². The van der Waals surface area contributed by atoms with Crippen molar-refractivity contribution in [1.29, 1.82) is 0 Å². The van der Waals surface area contributed by atoms with E-state index in [1.807, 2.05) is 31.2 Å². The number of rotatable bonds is 9. The molecule has 5 heteroatoms. The molecule has 1 N–H and O–H groups in total. The van der Waals surface area contributed by atoms with E-state index in [1.54, 1.807) is 31.2 Å². The molecule has 138 valence electrons. The maximum absolute atomic E-state index is 12.2. The van der Waals surface area contributed by atoms with Gasteiger partial charge in [0, 0.05) is 18.7 Å². The minimum atomic E-state index is -0.658. The van der Waals surface area contributed by atoms with Crippen molar-refractivity contribution in [2.24, 2.45) is 0 Å². The maximum Gasteiger partial charge on any atom is 0.261 e. The first-order valence-electron chi connectivity index (χ1n) is 8.70. The summed E-state index contributed by atoms with van der Waals surface area (Å²) in [5.74, 6) is 0.248. The fraction of sp³-hybridized carbons (Fsp3) is 0.333. The van der Waals surface area contributed by atoms with Crippen LogP contribution in [-0.4, -0.2) is 24.4 Å². The average Bonchev–Trinajstić information content (AvgIpc) is 2.65. The molecule has 5 nitrogen and oxygen atoms in total. The number of hydrogen-bond donors (Lipinski definition) is 1. The second-order valence-corrected chi connectivity index (χ2v) is 6.02. The lowest BCUT2D eigenvalue weighted by molar-refractivity contribution is -0.127. The van der Waals surface area contributed by atoms with Crippen molar-refractivity contribution in [3.8, 4) is 5.75 Å². The van der Waals surface area contributed by atoms with Gasteiger partial charge in [-0.25, -0.2) is 0 Å². The van der Waals surface area contributed by atoms with Crippen LogP contribution in [0.5, 0.6) is 5.75 Å². The SMILES string of the molecule is CCOCc1ccc(CNC(=O)C(C)Oc2cccc(C(C)=O)c2)cc1. The Hall–Kier alpha value is -2.66. The molecule has 0 saturated carbocycles. The molecule has 0 aliphatic carbocycles. The monoisotopic (exact) mass is 355 g/mol. The molecule has 0 radical (unpaired) electrons. The van der Waals surface area contributed by atoms with Crippen LogP contribution < -0.4 is 10.1 Å². The summed E-state index contributed by atoms with van der Waals surface area (Å²) in [6.07, 6.45) is -0.658. The van der Waals surface area contributed by atoms with Crippen LogP contribution in [0.3, 0.4) is 0 Å². The predicted octanol–water partition coefficient (Wildman–Crippen LogP) is 3.51. The summed E-state index contributed by atoms with van der Waals surface area (Å²) in [5.41, 5.74) is 2.66.